The minimum Gasteiger partial charge on any atom is -0.481 e. The van der Waals surface area contributed by atoms with Gasteiger partial charge in [-0.25, -0.2) is 4.79 Å². The molecule has 1 atom stereocenters. The monoisotopic (exact) mass is 291 g/mol. The average Bonchev–Trinajstić information content (AvgIpc) is 2.45. The molecule has 0 aliphatic heterocycles. The number of carbonyl (C=O) groups excluding carboxylic acids is 2. The number of amides is 1. The van der Waals surface area contributed by atoms with E-state index in [1.807, 2.05) is 6.07 Å². The number of nitrogens with one attached hydrogen (secondary N) is 1. The zero-order chi connectivity index (χ0) is 15.7. The standard InChI is InChI=1S/C15H17NO5/c1-2-8-21-15(20)16-12(10-14(18)19)13(17)9-11-6-4-3-5-7-11/h2-7,12H,1,8-10H2,(H,16,20)(H,18,19). The van der Waals surface area contributed by atoms with Crippen LogP contribution in [0.1, 0.15) is 12.0 Å². The Kier molecular flexibility index (Phi) is 6.67. The molecule has 2 N–H and O–H groups in total. The van der Waals surface area contributed by atoms with Crippen molar-refractivity contribution in [2.24, 2.45) is 0 Å². The quantitative estimate of drug-likeness (QED) is 0.709. The fraction of sp³-hybridized carbons (Fsp3) is 0.267. The zero-order valence-corrected chi connectivity index (χ0v) is 11.5. The van der Waals surface area contributed by atoms with Gasteiger partial charge in [-0.3, -0.25) is 9.59 Å². The lowest BCUT2D eigenvalue weighted by Gasteiger charge is -2.15. The van der Waals surface area contributed by atoms with Crippen LogP contribution in [0.15, 0.2) is 43.0 Å². The number of hydrogen-bond acceptors (Lipinski definition) is 4. The molecule has 0 aromatic heterocycles. The number of Topliss-reactive ketones (excluding diaryl/α,β-unsaturated/α-hetero) is 1. The van der Waals surface area contributed by atoms with Gasteiger partial charge in [0.1, 0.15) is 12.6 Å². The number of carboxylic acids is 1. The molecule has 0 aliphatic carbocycles. The number of ether oxygens (including phenoxy) is 1. The van der Waals surface area contributed by atoms with Crippen LogP contribution >= 0.6 is 0 Å². The average molecular weight is 291 g/mol. The van der Waals surface area contributed by atoms with Gasteiger partial charge in [-0.15, -0.1) is 0 Å². The molecule has 0 fully saturated rings. The highest BCUT2D eigenvalue weighted by Gasteiger charge is 2.24. The van der Waals surface area contributed by atoms with Crippen LogP contribution in [0.5, 0.6) is 0 Å². The van der Waals surface area contributed by atoms with Gasteiger partial charge >= 0.3 is 12.1 Å². The van der Waals surface area contributed by atoms with E-state index in [4.69, 9.17) is 9.84 Å². The van der Waals surface area contributed by atoms with Gasteiger partial charge in [0.15, 0.2) is 5.78 Å². The summed E-state index contributed by atoms with van der Waals surface area (Å²) in [7, 11) is 0. The van der Waals surface area contributed by atoms with E-state index >= 15 is 0 Å². The number of aliphatic carboxylic acids is 1. The van der Waals surface area contributed by atoms with Gasteiger partial charge in [0.25, 0.3) is 0 Å². The van der Waals surface area contributed by atoms with Crippen molar-refractivity contribution in [3.63, 3.8) is 0 Å². The Hall–Kier alpha value is -2.63. The van der Waals surface area contributed by atoms with Gasteiger partial charge < -0.3 is 15.2 Å². The van der Waals surface area contributed by atoms with Crippen LogP contribution in [0.2, 0.25) is 0 Å². The third kappa shape index (κ3) is 6.38. The molecule has 1 rings (SSSR count). The molecule has 0 bridgehead atoms. The molecule has 1 aromatic rings. The summed E-state index contributed by atoms with van der Waals surface area (Å²) in [4.78, 5) is 34.3. The number of hydrogen-bond donors (Lipinski definition) is 2. The largest absolute Gasteiger partial charge is 0.481 e. The number of carboxylic acid groups (broad SMARTS) is 1. The Labute approximate surface area is 122 Å². The van der Waals surface area contributed by atoms with Crippen molar-refractivity contribution in [2.45, 2.75) is 18.9 Å². The normalized spacial score (nSPS) is 11.2. The molecule has 1 unspecified atom stereocenters. The molecule has 0 radical (unpaired) electrons. The number of rotatable bonds is 8. The van der Waals surface area contributed by atoms with Gasteiger partial charge in [-0.1, -0.05) is 43.0 Å². The smallest absolute Gasteiger partial charge is 0.408 e. The molecular weight excluding hydrogens is 274 g/mol. The lowest BCUT2D eigenvalue weighted by Crippen LogP contribution is -2.43. The van der Waals surface area contributed by atoms with Crippen LogP contribution in [0.4, 0.5) is 4.79 Å². The van der Waals surface area contributed by atoms with E-state index in [-0.39, 0.29) is 18.8 Å². The topological polar surface area (TPSA) is 92.7 Å². The molecule has 21 heavy (non-hydrogen) atoms. The zero-order valence-electron chi connectivity index (χ0n) is 11.5. The van der Waals surface area contributed by atoms with Crippen LogP contribution in [0.3, 0.4) is 0 Å². The van der Waals surface area contributed by atoms with Crippen molar-refractivity contribution in [1.29, 1.82) is 0 Å². The highest BCUT2D eigenvalue weighted by atomic mass is 16.5. The summed E-state index contributed by atoms with van der Waals surface area (Å²) in [5, 5.41) is 11.1. The van der Waals surface area contributed by atoms with Crippen LogP contribution in [-0.2, 0) is 20.7 Å². The predicted octanol–water partition coefficient (Wildman–Crippen LogP) is 1.55. The molecule has 6 nitrogen and oxygen atoms in total. The minimum absolute atomic E-state index is 0.0154. The summed E-state index contributed by atoms with van der Waals surface area (Å²) < 4.78 is 4.69. The van der Waals surface area contributed by atoms with Crippen molar-refractivity contribution in [3.8, 4) is 0 Å². The van der Waals surface area contributed by atoms with E-state index < -0.39 is 24.5 Å². The lowest BCUT2D eigenvalue weighted by atomic mass is 10.0. The Bertz CT molecular complexity index is 512. The Morgan fingerprint density at radius 2 is 1.95 bits per heavy atom. The summed E-state index contributed by atoms with van der Waals surface area (Å²) in [5.74, 6) is -1.57. The Morgan fingerprint density at radius 1 is 1.29 bits per heavy atom. The van der Waals surface area contributed by atoms with Crippen LogP contribution in [0.25, 0.3) is 0 Å². The molecule has 0 aliphatic rings. The molecule has 0 saturated carbocycles. The number of benzene rings is 1. The van der Waals surface area contributed by atoms with Gasteiger partial charge in [-0.05, 0) is 5.56 Å². The fourth-order valence-electron chi connectivity index (χ4n) is 1.66. The first-order chi connectivity index (χ1) is 10.0. The molecule has 0 heterocycles. The third-order valence-corrected chi connectivity index (χ3v) is 2.61. The van der Waals surface area contributed by atoms with Crippen molar-refractivity contribution in [2.75, 3.05) is 6.61 Å². The summed E-state index contributed by atoms with van der Waals surface area (Å²) in [6, 6.07) is 7.76. The number of ketones is 1. The summed E-state index contributed by atoms with van der Waals surface area (Å²) in [6.07, 6.45) is 0.0787. The minimum atomic E-state index is -1.18. The maximum atomic E-state index is 12.1. The third-order valence-electron chi connectivity index (χ3n) is 2.61. The van der Waals surface area contributed by atoms with Gasteiger partial charge in [0.2, 0.25) is 0 Å². The SMILES string of the molecule is C=CCOC(=O)NC(CC(=O)O)C(=O)Cc1ccccc1. The van der Waals surface area contributed by atoms with Crippen LogP contribution in [0, 0.1) is 0 Å². The molecule has 0 saturated heterocycles. The van der Waals surface area contributed by atoms with Crippen molar-refractivity contribution in [1.82, 2.24) is 5.32 Å². The first kappa shape index (κ1) is 16.4. The van der Waals surface area contributed by atoms with Gasteiger partial charge in [0.05, 0.1) is 6.42 Å². The van der Waals surface area contributed by atoms with Crippen molar-refractivity contribution >= 4 is 17.8 Å². The summed E-state index contributed by atoms with van der Waals surface area (Å²) in [6.45, 7) is 3.37. The number of carbonyl (C=O) groups is 3. The lowest BCUT2D eigenvalue weighted by molar-refractivity contribution is -0.139. The first-order valence-electron chi connectivity index (χ1n) is 6.35. The van der Waals surface area contributed by atoms with E-state index in [0.29, 0.717) is 0 Å². The van der Waals surface area contributed by atoms with E-state index in [9.17, 15) is 14.4 Å². The molecular formula is C15H17NO5. The highest BCUT2D eigenvalue weighted by molar-refractivity contribution is 5.92. The highest BCUT2D eigenvalue weighted by Crippen LogP contribution is 2.05. The first-order valence-corrected chi connectivity index (χ1v) is 6.35. The summed E-state index contributed by atoms with van der Waals surface area (Å²) in [5.41, 5.74) is 0.749. The van der Waals surface area contributed by atoms with E-state index in [0.717, 1.165) is 5.56 Å². The Balaban J connectivity index is 2.67. The second-order valence-electron chi connectivity index (χ2n) is 4.31. The predicted molar refractivity (Wildman–Crippen MR) is 75.9 cm³/mol. The number of alkyl carbamates (subject to hydrolysis) is 1. The molecule has 6 heteroatoms. The summed E-state index contributed by atoms with van der Waals surface area (Å²) >= 11 is 0. The van der Waals surface area contributed by atoms with E-state index in [1.54, 1.807) is 24.3 Å². The Morgan fingerprint density at radius 3 is 2.52 bits per heavy atom. The van der Waals surface area contributed by atoms with Gasteiger partial charge in [-0.2, -0.15) is 0 Å². The second-order valence-corrected chi connectivity index (χ2v) is 4.31. The fourth-order valence-corrected chi connectivity index (χ4v) is 1.66. The molecule has 0 spiro atoms. The molecule has 112 valence electrons. The van der Waals surface area contributed by atoms with Crippen LogP contribution in [-0.4, -0.2) is 35.6 Å². The van der Waals surface area contributed by atoms with E-state index in [1.165, 1.54) is 6.08 Å². The van der Waals surface area contributed by atoms with E-state index in [2.05, 4.69) is 11.9 Å². The molecule has 1 aromatic carbocycles. The van der Waals surface area contributed by atoms with Gasteiger partial charge in [0, 0.05) is 6.42 Å². The second kappa shape index (κ2) is 8.52. The molecule has 1 amide bonds. The van der Waals surface area contributed by atoms with Crippen LogP contribution < -0.4 is 5.32 Å². The maximum Gasteiger partial charge on any atom is 0.408 e. The van der Waals surface area contributed by atoms with Crippen molar-refractivity contribution < 1.29 is 24.2 Å². The maximum absolute atomic E-state index is 12.1. The van der Waals surface area contributed by atoms with Crippen molar-refractivity contribution in [3.05, 3.63) is 48.6 Å².